The van der Waals surface area contributed by atoms with E-state index in [-0.39, 0.29) is 18.0 Å². The Morgan fingerprint density at radius 3 is 2.82 bits per heavy atom. The number of ether oxygens (including phenoxy) is 1. The number of hydrogen-bond acceptors (Lipinski definition) is 8. The number of pyridine rings is 1. The number of nitrogens with zero attached hydrogens (tertiary/aromatic N) is 2. The van der Waals surface area contributed by atoms with E-state index in [1.54, 1.807) is 12.1 Å². The lowest BCUT2D eigenvalue weighted by atomic mass is 9.83. The minimum absolute atomic E-state index is 0.0656. The van der Waals surface area contributed by atoms with Crippen LogP contribution in [0.1, 0.15) is 24.8 Å². The van der Waals surface area contributed by atoms with Gasteiger partial charge in [-0.2, -0.15) is 0 Å². The van der Waals surface area contributed by atoms with Crippen LogP contribution in [0.4, 0.5) is 11.4 Å². The number of carboxylic acids is 1. The molecule has 0 aliphatic carbocycles. The van der Waals surface area contributed by atoms with Gasteiger partial charge in [0.05, 0.1) is 28.2 Å². The number of rotatable bonds is 7. The molecule has 0 radical (unpaired) electrons. The molecule has 28 heavy (non-hydrogen) atoms. The van der Waals surface area contributed by atoms with Crippen LogP contribution in [-0.4, -0.2) is 32.8 Å². The lowest BCUT2D eigenvalue weighted by Crippen LogP contribution is -2.32. The Bertz CT molecular complexity index is 918. The van der Waals surface area contributed by atoms with Crippen LogP contribution in [0.5, 0.6) is 5.75 Å². The molecule has 3 rings (SSSR count). The van der Waals surface area contributed by atoms with Gasteiger partial charge in [-0.3, -0.25) is 19.7 Å². The highest BCUT2D eigenvalue weighted by Crippen LogP contribution is 2.40. The van der Waals surface area contributed by atoms with Crippen LogP contribution >= 0.6 is 11.8 Å². The summed E-state index contributed by atoms with van der Waals surface area (Å²) in [5, 5.41) is 23.4. The maximum absolute atomic E-state index is 12.1. The second-order valence-electron chi connectivity index (χ2n) is 6.24. The van der Waals surface area contributed by atoms with Gasteiger partial charge in [0.25, 0.3) is 5.69 Å². The Labute approximate surface area is 164 Å². The second kappa shape index (κ2) is 8.26. The van der Waals surface area contributed by atoms with Crippen LogP contribution in [0.25, 0.3) is 0 Å². The number of anilines is 1. The summed E-state index contributed by atoms with van der Waals surface area (Å²) in [6, 6.07) is 8.31. The zero-order chi connectivity index (χ0) is 20.3. The Morgan fingerprint density at radius 2 is 2.18 bits per heavy atom. The van der Waals surface area contributed by atoms with E-state index in [4.69, 9.17) is 9.84 Å². The molecule has 1 aromatic carbocycles. The topological polar surface area (TPSA) is 132 Å². The van der Waals surface area contributed by atoms with Gasteiger partial charge < -0.3 is 15.2 Å². The molecule has 146 valence electrons. The number of nitro groups is 1. The summed E-state index contributed by atoms with van der Waals surface area (Å²) in [7, 11) is 0. The van der Waals surface area contributed by atoms with Crippen molar-refractivity contribution in [3.63, 3.8) is 0 Å². The Kier molecular flexibility index (Phi) is 5.78. The number of esters is 1. The zero-order valence-electron chi connectivity index (χ0n) is 14.8. The third-order valence-corrected chi connectivity index (χ3v) is 5.27. The van der Waals surface area contributed by atoms with Gasteiger partial charge >= 0.3 is 11.9 Å². The first-order chi connectivity index (χ1) is 13.3. The van der Waals surface area contributed by atoms with Crippen molar-refractivity contribution < 1.29 is 24.4 Å². The highest BCUT2D eigenvalue weighted by atomic mass is 32.2. The van der Waals surface area contributed by atoms with Crippen LogP contribution in [0.2, 0.25) is 0 Å². The summed E-state index contributed by atoms with van der Waals surface area (Å²) in [6.07, 6.45) is 0.938. The number of carboxylic acid groups (broad SMARTS) is 1. The molecule has 2 N–H and O–H groups in total. The number of aliphatic carboxylic acids is 1. The van der Waals surface area contributed by atoms with Gasteiger partial charge in [-0.1, -0.05) is 24.8 Å². The maximum atomic E-state index is 12.1. The third-order valence-electron chi connectivity index (χ3n) is 4.44. The first-order valence-electron chi connectivity index (χ1n) is 8.39. The van der Waals surface area contributed by atoms with Crippen LogP contribution in [-0.2, 0) is 9.59 Å². The smallest absolute Gasteiger partial charge is 0.315 e. The van der Waals surface area contributed by atoms with E-state index in [0.29, 0.717) is 16.7 Å². The SMILES string of the molecule is CC1c2ccc(NCSc3ccc([N+](=O)[O-])cn3)cc2OC(=O)C1CC(=O)O. The highest BCUT2D eigenvalue weighted by molar-refractivity contribution is 7.99. The monoisotopic (exact) mass is 403 g/mol. The van der Waals surface area contributed by atoms with Crippen molar-refractivity contribution in [2.45, 2.75) is 24.3 Å². The summed E-state index contributed by atoms with van der Waals surface area (Å²) >= 11 is 1.36. The molecule has 10 heteroatoms. The van der Waals surface area contributed by atoms with Gasteiger partial charge in [-0.15, -0.1) is 0 Å². The summed E-state index contributed by atoms with van der Waals surface area (Å²) < 4.78 is 5.33. The van der Waals surface area contributed by atoms with Crippen molar-refractivity contribution >= 4 is 35.1 Å². The van der Waals surface area contributed by atoms with Gasteiger partial charge in [0.1, 0.15) is 11.9 Å². The molecule has 2 aromatic rings. The van der Waals surface area contributed by atoms with Crippen LogP contribution in [0.15, 0.2) is 41.6 Å². The first-order valence-corrected chi connectivity index (χ1v) is 9.38. The van der Waals surface area contributed by atoms with E-state index < -0.39 is 22.8 Å². The lowest BCUT2D eigenvalue weighted by Gasteiger charge is -2.28. The maximum Gasteiger partial charge on any atom is 0.315 e. The number of fused-ring (bicyclic) bond motifs is 1. The summed E-state index contributed by atoms with van der Waals surface area (Å²) in [4.78, 5) is 37.2. The van der Waals surface area contributed by atoms with E-state index in [2.05, 4.69) is 10.3 Å². The quantitative estimate of drug-likeness (QED) is 0.178. The largest absolute Gasteiger partial charge is 0.481 e. The lowest BCUT2D eigenvalue weighted by molar-refractivity contribution is -0.385. The molecular weight excluding hydrogens is 386 g/mol. The summed E-state index contributed by atoms with van der Waals surface area (Å²) in [5.74, 6) is -1.65. The van der Waals surface area contributed by atoms with E-state index >= 15 is 0 Å². The zero-order valence-corrected chi connectivity index (χ0v) is 15.6. The first kappa shape index (κ1) is 19.6. The van der Waals surface area contributed by atoms with Gasteiger partial charge in [0.2, 0.25) is 0 Å². The number of thioether (sulfide) groups is 1. The Balaban J connectivity index is 1.63. The van der Waals surface area contributed by atoms with Crippen molar-refractivity contribution in [1.29, 1.82) is 0 Å². The highest BCUT2D eigenvalue weighted by Gasteiger charge is 2.36. The molecule has 2 unspecified atom stereocenters. The molecular formula is C18H17N3O6S. The van der Waals surface area contributed by atoms with Crippen molar-refractivity contribution in [2.24, 2.45) is 5.92 Å². The Hall–Kier alpha value is -3.14. The predicted molar refractivity (Wildman–Crippen MR) is 101 cm³/mol. The predicted octanol–water partition coefficient (Wildman–Crippen LogP) is 3.26. The number of hydrogen-bond donors (Lipinski definition) is 2. The molecule has 0 saturated carbocycles. The number of benzene rings is 1. The number of nitrogens with one attached hydrogen (secondary N) is 1. The number of aromatic nitrogens is 1. The molecule has 0 spiro atoms. The van der Waals surface area contributed by atoms with E-state index in [1.165, 1.54) is 24.0 Å². The van der Waals surface area contributed by atoms with Gasteiger partial charge in [-0.25, -0.2) is 4.98 Å². The molecule has 1 aliphatic rings. The third kappa shape index (κ3) is 4.39. The normalized spacial score (nSPS) is 18.1. The van der Waals surface area contributed by atoms with Gasteiger partial charge in [0.15, 0.2) is 0 Å². The van der Waals surface area contributed by atoms with E-state index in [9.17, 15) is 19.7 Å². The van der Waals surface area contributed by atoms with Crippen LogP contribution in [0, 0.1) is 16.0 Å². The van der Waals surface area contributed by atoms with Gasteiger partial charge in [-0.05, 0) is 23.6 Å². The molecule has 0 fully saturated rings. The molecule has 9 nitrogen and oxygen atoms in total. The minimum Gasteiger partial charge on any atom is -0.481 e. The fourth-order valence-corrected chi connectivity index (χ4v) is 3.60. The summed E-state index contributed by atoms with van der Waals surface area (Å²) in [5.41, 5.74) is 1.45. The van der Waals surface area contributed by atoms with Gasteiger partial charge in [0, 0.05) is 17.8 Å². The van der Waals surface area contributed by atoms with E-state index in [1.807, 2.05) is 19.1 Å². The summed E-state index contributed by atoms with van der Waals surface area (Å²) in [6.45, 7) is 1.82. The van der Waals surface area contributed by atoms with Crippen molar-refractivity contribution in [1.82, 2.24) is 4.98 Å². The fourth-order valence-electron chi connectivity index (χ4n) is 2.92. The van der Waals surface area contributed by atoms with Crippen molar-refractivity contribution in [2.75, 3.05) is 11.2 Å². The molecule has 1 aliphatic heterocycles. The minimum atomic E-state index is -1.03. The molecule has 1 aromatic heterocycles. The molecule has 0 saturated heterocycles. The van der Waals surface area contributed by atoms with Crippen LogP contribution < -0.4 is 10.1 Å². The molecule has 2 heterocycles. The van der Waals surface area contributed by atoms with E-state index in [0.717, 1.165) is 11.3 Å². The number of carbonyl (C=O) groups excluding carboxylic acids is 1. The average Bonchev–Trinajstić information content (AvgIpc) is 2.65. The van der Waals surface area contributed by atoms with Crippen molar-refractivity contribution in [3.05, 3.63) is 52.2 Å². The molecule has 0 bridgehead atoms. The fraction of sp³-hybridized carbons (Fsp3) is 0.278. The molecule has 0 amide bonds. The van der Waals surface area contributed by atoms with Crippen LogP contribution in [0.3, 0.4) is 0 Å². The molecule has 2 atom stereocenters. The van der Waals surface area contributed by atoms with Crippen molar-refractivity contribution in [3.8, 4) is 5.75 Å². The Morgan fingerprint density at radius 1 is 1.39 bits per heavy atom. The standard InChI is InChI=1S/C18H17N3O6S/c1-10-13-4-2-11(6-15(13)27-18(24)14(10)7-17(22)23)20-9-28-16-5-3-12(8-19-16)21(25)26/h2-6,8,10,14,20H,7,9H2,1H3,(H,22,23). The average molecular weight is 403 g/mol. The second-order valence-corrected chi connectivity index (χ2v) is 7.24. The number of carbonyl (C=O) groups is 2.